The van der Waals surface area contributed by atoms with Crippen molar-refractivity contribution in [3.05, 3.63) is 65.8 Å². The van der Waals surface area contributed by atoms with E-state index in [9.17, 15) is 38.2 Å². The molecule has 0 aliphatic rings. The molecule has 0 saturated carbocycles. The first-order valence-electron chi connectivity index (χ1n) is 6.60. The second-order valence-corrected chi connectivity index (χ2v) is 6.07. The molecule has 2 aromatic carbocycles. The topological polar surface area (TPSA) is 107 Å². The molecule has 0 unspecified atom stereocenters. The van der Waals surface area contributed by atoms with Gasteiger partial charge < -0.3 is 0 Å². The molecule has 12 heteroatoms. The van der Waals surface area contributed by atoms with E-state index < -0.39 is 38.6 Å². The van der Waals surface area contributed by atoms with Crippen LogP contribution in [-0.4, -0.2) is 16.3 Å². The highest BCUT2D eigenvalue weighted by Gasteiger charge is 2.39. The summed E-state index contributed by atoms with van der Waals surface area (Å²) in [4.78, 5) is 32.1. The normalized spacial score (nSPS) is 11.1. The molecule has 8 nitrogen and oxygen atoms in total. The fourth-order valence-corrected chi connectivity index (χ4v) is 2.50. The van der Waals surface area contributed by atoms with Crippen molar-refractivity contribution < 1.29 is 27.8 Å². The minimum absolute atomic E-state index is 0.0198. The molecule has 0 saturated heterocycles. The van der Waals surface area contributed by atoms with Crippen LogP contribution in [0.3, 0.4) is 0 Å². The maximum atomic E-state index is 12.9. The lowest BCUT2D eigenvalue weighted by Crippen LogP contribution is -2.18. The summed E-state index contributed by atoms with van der Waals surface area (Å²) in [7, 11) is 0. The molecule has 0 fully saturated rings. The lowest BCUT2D eigenvalue weighted by molar-refractivity contribution is -0.392. The monoisotopic (exact) mass is 481 g/mol. The predicted octanol–water partition coefficient (Wildman–Crippen LogP) is 4.42. The van der Waals surface area contributed by atoms with Crippen LogP contribution in [0.2, 0.25) is 0 Å². The van der Waals surface area contributed by atoms with E-state index in [1.54, 1.807) is 0 Å². The molecule has 136 valence electrons. The molecular formula is C14H7F3IN3O5. The van der Waals surface area contributed by atoms with Crippen LogP contribution in [0.1, 0.15) is 5.56 Å². The largest absolute Gasteiger partial charge is 0.416 e. The molecule has 2 aromatic rings. The van der Waals surface area contributed by atoms with Gasteiger partial charge in [0, 0.05) is 21.4 Å². The molecular weight excluding hydrogens is 474 g/mol. The van der Waals surface area contributed by atoms with Crippen LogP contribution in [0.25, 0.3) is 0 Å². The van der Waals surface area contributed by atoms with Crippen LogP contribution in [-0.2, 0) is 11.0 Å². The summed E-state index contributed by atoms with van der Waals surface area (Å²) in [6.07, 6.45) is -4.98. The van der Waals surface area contributed by atoms with E-state index >= 15 is 0 Å². The van der Waals surface area contributed by atoms with Crippen LogP contribution in [0, 0.1) is 23.8 Å². The van der Waals surface area contributed by atoms with Gasteiger partial charge in [0.15, 0.2) is 0 Å². The number of hydrogen-bond acceptors (Lipinski definition) is 5. The average molecular weight is 481 g/mol. The zero-order chi connectivity index (χ0) is 19.6. The molecule has 26 heavy (non-hydrogen) atoms. The highest BCUT2D eigenvalue weighted by Crippen LogP contribution is 2.44. The third-order valence-electron chi connectivity index (χ3n) is 3.24. The number of rotatable bonds is 5. The highest BCUT2D eigenvalue weighted by molar-refractivity contribution is 14.1. The van der Waals surface area contributed by atoms with Crippen molar-refractivity contribution in [3.63, 3.8) is 0 Å². The van der Waals surface area contributed by atoms with E-state index in [0.29, 0.717) is 4.90 Å². The number of nitrogens with zero attached hydrogens (tertiary/aromatic N) is 3. The summed E-state index contributed by atoms with van der Waals surface area (Å²) in [5.41, 5.74) is -4.82. The first-order chi connectivity index (χ1) is 12.1. The third-order valence-corrected chi connectivity index (χ3v) is 3.96. The number of anilines is 2. The summed E-state index contributed by atoms with van der Waals surface area (Å²) in [5, 5.41) is 22.5. The number of nitro benzene ring substituents is 2. The van der Waals surface area contributed by atoms with Gasteiger partial charge in [0.05, 0.1) is 15.4 Å². The third kappa shape index (κ3) is 3.89. The average Bonchev–Trinajstić information content (AvgIpc) is 2.55. The highest BCUT2D eigenvalue weighted by atomic mass is 127. The first-order valence-corrected chi connectivity index (χ1v) is 7.68. The molecule has 0 aliphatic heterocycles. The zero-order valence-corrected chi connectivity index (χ0v) is 14.6. The van der Waals surface area contributed by atoms with Crippen molar-refractivity contribution in [2.75, 3.05) is 4.90 Å². The summed E-state index contributed by atoms with van der Waals surface area (Å²) in [6.45, 7) is 0. The Morgan fingerprint density at radius 1 is 1.00 bits per heavy atom. The minimum Gasteiger partial charge on any atom is -0.278 e. The quantitative estimate of drug-likeness (QED) is 0.272. The van der Waals surface area contributed by atoms with E-state index in [1.165, 1.54) is 24.3 Å². The van der Waals surface area contributed by atoms with Gasteiger partial charge in [-0.3, -0.25) is 29.9 Å². The van der Waals surface area contributed by atoms with E-state index in [2.05, 4.69) is 0 Å². The Hall–Kier alpha value is -2.77. The van der Waals surface area contributed by atoms with Crippen molar-refractivity contribution in [1.82, 2.24) is 0 Å². The van der Waals surface area contributed by atoms with Gasteiger partial charge in [0.2, 0.25) is 12.1 Å². The van der Waals surface area contributed by atoms with E-state index in [0.717, 1.165) is 3.57 Å². The lowest BCUT2D eigenvalue weighted by atomic mass is 10.1. The number of amides is 1. The van der Waals surface area contributed by atoms with Gasteiger partial charge in [-0.15, -0.1) is 0 Å². The van der Waals surface area contributed by atoms with E-state index in [4.69, 9.17) is 0 Å². The summed E-state index contributed by atoms with van der Waals surface area (Å²) >= 11 is 1.95. The van der Waals surface area contributed by atoms with Crippen LogP contribution in [0.15, 0.2) is 36.4 Å². The lowest BCUT2D eigenvalue weighted by Gasteiger charge is -2.18. The maximum absolute atomic E-state index is 12.9. The Kier molecular flexibility index (Phi) is 5.44. The van der Waals surface area contributed by atoms with E-state index in [1.807, 2.05) is 22.6 Å². The second-order valence-electron chi connectivity index (χ2n) is 4.83. The van der Waals surface area contributed by atoms with Crippen LogP contribution in [0.5, 0.6) is 0 Å². The maximum Gasteiger partial charge on any atom is 0.416 e. The fraction of sp³-hybridized carbons (Fsp3) is 0.0714. The van der Waals surface area contributed by atoms with Crippen LogP contribution in [0.4, 0.5) is 35.9 Å². The Labute approximate surface area is 156 Å². The molecule has 1 amide bonds. The van der Waals surface area contributed by atoms with Gasteiger partial charge in [0.25, 0.3) is 0 Å². The number of alkyl halides is 3. The Bertz CT molecular complexity index is 851. The molecule has 0 radical (unpaired) electrons. The number of halogens is 4. The zero-order valence-electron chi connectivity index (χ0n) is 12.4. The molecule has 2 rings (SSSR count). The van der Waals surface area contributed by atoms with Crippen molar-refractivity contribution in [2.24, 2.45) is 0 Å². The fourth-order valence-electron chi connectivity index (χ4n) is 2.14. The van der Waals surface area contributed by atoms with Crippen molar-refractivity contribution >= 4 is 51.8 Å². The van der Waals surface area contributed by atoms with Gasteiger partial charge in [-0.1, -0.05) is 0 Å². The number of carbonyl (C=O) groups is 1. The molecule has 0 spiro atoms. The molecule has 0 heterocycles. The molecule has 0 atom stereocenters. The molecule has 0 bridgehead atoms. The number of hydrogen-bond donors (Lipinski definition) is 0. The van der Waals surface area contributed by atoms with Gasteiger partial charge >= 0.3 is 17.6 Å². The smallest absolute Gasteiger partial charge is 0.278 e. The van der Waals surface area contributed by atoms with Crippen molar-refractivity contribution in [1.29, 1.82) is 0 Å². The van der Waals surface area contributed by atoms with E-state index in [-0.39, 0.29) is 24.2 Å². The number of carbonyl (C=O) groups excluding carboxylic acids is 1. The van der Waals surface area contributed by atoms with Gasteiger partial charge in [-0.05, 0) is 46.9 Å². The molecule has 0 N–H and O–H groups in total. The van der Waals surface area contributed by atoms with Crippen molar-refractivity contribution in [3.8, 4) is 0 Å². The summed E-state index contributed by atoms with van der Waals surface area (Å²) in [6, 6.07) is 6.06. The van der Waals surface area contributed by atoms with Crippen LogP contribution < -0.4 is 4.90 Å². The first kappa shape index (κ1) is 19.6. The Morgan fingerprint density at radius 2 is 1.46 bits per heavy atom. The van der Waals surface area contributed by atoms with Gasteiger partial charge in [-0.2, -0.15) is 13.2 Å². The predicted molar refractivity (Wildman–Crippen MR) is 92.1 cm³/mol. The molecule has 0 aliphatic carbocycles. The number of benzene rings is 2. The van der Waals surface area contributed by atoms with Crippen LogP contribution >= 0.6 is 22.6 Å². The van der Waals surface area contributed by atoms with Gasteiger partial charge in [-0.25, -0.2) is 0 Å². The standard InChI is InChI=1S/C14H7F3IN3O5/c15-14(16,17)8-5-11(20(23)24)13(12(6-8)21(25)26)19(7-22)10-3-1-9(18)2-4-10/h1-7H. The Balaban J connectivity index is 2.83. The van der Waals surface area contributed by atoms with Crippen molar-refractivity contribution in [2.45, 2.75) is 6.18 Å². The summed E-state index contributed by atoms with van der Waals surface area (Å²) < 4.78 is 39.5. The SMILES string of the molecule is O=CN(c1ccc(I)cc1)c1c([N+](=O)[O-])cc(C(F)(F)F)cc1[N+](=O)[O-]. The molecule has 0 aromatic heterocycles. The Morgan fingerprint density at radius 3 is 1.81 bits per heavy atom. The minimum atomic E-state index is -5.04. The summed E-state index contributed by atoms with van der Waals surface area (Å²) in [5.74, 6) is 0. The second kappa shape index (κ2) is 7.23. The van der Waals surface area contributed by atoms with Gasteiger partial charge in [0.1, 0.15) is 0 Å². The number of nitro groups is 2.